The molecule has 2 aromatic carbocycles. The van der Waals surface area contributed by atoms with E-state index in [9.17, 15) is 14.3 Å². The fourth-order valence-electron chi connectivity index (χ4n) is 2.37. The number of carbonyl (C=O) groups excluding carboxylic acids is 1. The summed E-state index contributed by atoms with van der Waals surface area (Å²) in [6.07, 6.45) is 0. The molecule has 5 nitrogen and oxygen atoms in total. The lowest BCUT2D eigenvalue weighted by atomic mass is 9.96. The van der Waals surface area contributed by atoms with E-state index in [4.69, 9.17) is 4.52 Å². The van der Waals surface area contributed by atoms with Crippen LogP contribution in [0.2, 0.25) is 0 Å². The topological polar surface area (TPSA) is 75.4 Å². The Kier molecular flexibility index (Phi) is 4.63. The summed E-state index contributed by atoms with van der Waals surface area (Å²) in [6, 6.07) is 16.3. The van der Waals surface area contributed by atoms with Crippen LogP contribution in [-0.4, -0.2) is 22.7 Å². The Labute approximate surface area is 144 Å². The Morgan fingerprint density at radius 2 is 1.88 bits per heavy atom. The van der Waals surface area contributed by atoms with Crippen molar-refractivity contribution >= 4 is 5.91 Å². The maximum Gasteiger partial charge on any atom is 0.273 e. The fourth-order valence-corrected chi connectivity index (χ4v) is 2.37. The molecule has 3 rings (SSSR count). The molecule has 0 aliphatic carbocycles. The van der Waals surface area contributed by atoms with Gasteiger partial charge >= 0.3 is 0 Å². The van der Waals surface area contributed by atoms with Gasteiger partial charge in [-0.15, -0.1) is 0 Å². The van der Waals surface area contributed by atoms with Crippen LogP contribution in [0.5, 0.6) is 0 Å². The van der Waals surface area contributed by atoms with Gasteiger partial charge in [0.15, 0.2) is 11.5 Å². The summed E-state index contributed by atoms with van der Waals surface area (Å²) in [5.41, 5.74) is 0.0930. The monoisotopic (exact) mass is 340 g/mol. The number of hydrogen-bond donors (Lipinski definition) is 2. The van der Waals surface area contributed by atoms with Gasteiger partial charge < -0.3 is 14.9 Å². The molecule has 0 radical (unpaired) electrons. The maximum absolute atomic E-state index is 13.0. The number of hydrogen-bond acceptors (Lipinski definition) is 4. The number of rotatable bonds is 5. The quantitative estimate of drug-likeness (QED) is 0.748. The minimum absolute atomic E-state index is 0.0506. The van der Waals surface area contributed by atoms with Crippen molar-refractivity contribution in [2.45, 2.75) is 12.5 Å². The first-order valence-electron chi connectivity index (χ1n) is 7.74. The molecule has 0 aliphatic rings. The van der Waals surface area contributed by atoms with Crippen LogP contribution in [0.3, 0.4) is 0 Å². The lowest BCUT2D eigenvalue weighted by Gasteiger charge is -2.24. The summed E-state index contributed by atoms with van der Waals surface area (Å²) in [4.78, 5) is 12.2. The Balaban J connectivity index is 1.66. The zero-order valence-corrected chi connectivity index (χ0v) is 13.6. The summed E-state index contributed by atoms with van der Waals surface area (Å²) in [5.74, 6) is -0.371. The molecule has 1 unspecified atom stereocenters. The van der Waals surface area contributed by atoms with E-state index in [0.717, 1.165) is 5.56 Å². The van der Waals surface area contributed by atoms with Crippen LogP contribution < -0.4 is 5.32 Å². The van der Waals surface area contributed by atoms with Crippen LogP contribution in [0.15, 0.2) is 65.2 Å². The van der Waals surface area contributed by atoms with Crippen LogP contribution in [0, 0.1) is 5.82 Å². The molecule has 0 bridgehead atoms. The van der Waals surface area contributed by atoms with E-state index in [2.05, 4.69) is 10.5 Å². The molecule has 0 saturated heterocycles. The molecule has 1 heterocycles. The molecule has 1 atom stereocenters. The largest absolute Gasteiger partial charge is 0.384 e. The van der Waals surface area contributed by atoms with Gasteiger partial charge in [0.25, 0.3) is 5.91 Å². The third-order valence-electron chi connectivity index (χ3n) is 3.86. The number of aromatic nitrogens is 1. The van der Waals surface area contributed by atoms with E-state index in [-0.39, 0.29) is 18.1 Å². The van der Waals surface area contributed by atoms with Crippen molar-refractivity contribution in [3.8, 4) is 11.3 Å². The molecule has 0 aliphatic heterocycles. The van der Waals surface area contributed by atoms with E-state index in [0.29, 0.717) is 11.3 Å². The highest BCUT2D eigenvalue weighted by atomic mass is 19.1. The van der Waals surface area contributed by atoms with Crippen molar-refractivity contribution in [2.24, 2.45) is 0 Å². The number of nitrogens with zero attached hydrogens (tertiary/aromatic N) is 1. The average Bonchev–Trinajstić information content (AvgIpc) is 3.11. The van der Waals surface area contributed by atoms with Crippen LogP contribution >= 0.6 is 0 Å². The molecule has 0 saturated carbocycles. The highest BCUT2D eigenvalue weighted by Crippen LogP contribution is 2.21. The van der Waals surface area contributed by atoms with Crippen molar-refractivity contribution in [2.75, 3.05) is 6.54 Å². The second-order valence-corrected chi connectivity index (χ2v) is 5.91. The van der Waals surface area contributed by atoms with Gasteiger partial charge in [-0.1, -0.05) is 47.6 Å². The van der Waals surface area contributed by atoms with Gasteiger partial charge in [0.2, 0.25) is 0 Å². The SMILES string of the molecule is CC(O)(CNC(=O)c1cc(-c2ccccc2)on1)c1ccc(F)cc1. The molecule has 0 fully saturated rings. The number of halogens is 1. The van der Waals surface area contributed by atoms with Gasteiger partial charge in [-0.3, -0.25) is 4.79 Å². The first-order valence-corrected chi connectivity index (χ1v) is 7.74. The number of amides is 1. The average molecular weight is 340 g/mol. The maximum atomic E-state index is 13.0. The van der Waals surface area contributed by atoms with E-state index in [1.54, 1.807) is 6.92 Å². The summed E-state index contributed by atoms with van der Waals surface area (Å²) in [6.45, 7) is 1.49. The van der Waals surface area contributed by atoms with E-state index in [1.165, 1.54) is 30.3 Å². The number of aliphatic hydroxyl groups is 1. The molecule has 1 amide bonds. The highest BCUT2D eigenvalue weighted by molar-refractivity contribution is 5.93. The molecule has 1 aromatic heterocycles. The van der Waals surface area contributed by atoms with Crippen LogP contribution in [-0.2, 0) is 5.60 Å². The van der Waals surface area contributed by atoms with Gasteiger partial charge in [0.05, 0.1) is 6.54 Å². The first kappa shape index (κ1) is 16.9. The predicted molar refractivity (Wildman–Crippen MR) is 90.2 cm³/mol. The van der Waals surface area contributed by atoms with Crippen molar-refractivity contribution < 1.29 is 18.8 Å². The summed E-state index contributed by atoms with van der Waals surface area (Å²) in [7, 11) is 0. The van der Waals surface area contributed by atoms with E-state index in [1.807, 2.05) is 30.3 Å². The lowest BCUT2D eigenvalue weighted by molar-refractivity contribution is 0.0523. The van der Waals surface area contributed by atoms with Crippen molar-refractivity contribution in [3.63, 3.8) is 0 Å². The third-order valence-corrected chi connectivity index (χ3v) is 3.86. The molecule has 2 N–H and O–H groups in total. The Hall–Kier alpha value is -2.99. The van der Waals surface area contributed by atoms with Crippen LogP contribution in [0.1, 0.15) is 23.0 Å². The van der Waals surface area contributed by atoms with Gasteiger partial charge in [0, 0.05) is 11.6 Å². The molecule has 128 valence electrons. The van der Waals surface area contributed by atoms with Crippen molar-refractivity contribution in [3.05, 3.63) is 77.7 Å². The molecule has 6 heteroatoms. The standard InChI is InChI=1S/C19H17FN2O3/c1-19(24,14-7-9-15(20)10-8-14)12-21-18(23)16-11-17(25-22-16)13-5-3-2-4-6-13/h2-11,24H,12H2,1H3,(H,21,23). The number of nitrogens with one attached hydrogen (secondary N) is 1. The van der Waals surface area contributed by atoms with Gasteiger partial charge in [-0.25, -0.2) is 4.39 Å². The Bertz CT molecular complexity index is 858. The minimum Gasteiger partial charge on any atom is -0.384 e. The molecule has 25 heavy (non-hydrogen) atoms. The van der Waals surface area contributed by atoms with Gasteiger partial charge in [-0.05, 0) is 24.6 Å². The zero-order chi connectivity index (χ0) is 17.9. The second-order valence-electron chi connectivity index (χ2n) is 5.91. The molecular formula is C19H17FN2O3. The molecular weight excluding hydrogens is 323 g/mol. The Morgan fingerprint density at radius 3 is 2.56 bits per heavy atom. The minimum atomic E-state index is -1.34. The number of benzene rings is 2. The fraction of sp³-hybridized carbons (Fsp3) is 0.158. The van der Waals surface area contributed by atoms with Crippen molar-refractivity contribution in [1.29, 1.82) is 0 Å². The zero-order valence-electron chi connectivity index (χ0n) is 13.6. The lowest BCUT2D eigenvalue weighted by Crippen LogP contribution is -2.38. The predicted octanol–water partition coefficient (Wildman–Crippen LogP) is 3.12. The third kappa shape index (κ3) is 3.92. The van der Waals surface area contributed by atoms with Crippen molar-refractivity contribution in [1.82, 2.24) is 10.5 Å². The first-order chi connectivity index (χ1) is 12.0. The summed E-state index contributed by atoms with van der Waals surface area (Å²) < 4.78 is 18.2. The summed E-state index contributed by atoms with van der Waals surface area (Å²) in [5, 5.41) is 16.8. The molecule has 0 spiro atoms. The van der Waals surface area contributed by atoms with E-state index >= 15 is 0 Å². The highest BCUT2D eigenvalue weighted by Gasteiger charge is 2.25. The van der Waals surface area contributed by atoms with Gasteiger partial charge in [0.1, 0.15) is 11.4 Å². The normalized spacial score (nSPS) is 13.2. The Morgan fingerprint density at radius 1 is 1.20 bits per heavy atom. The van der Waals surface area contributed by atoms with Crippen LogP contribution in [0.4, 0.5) is 4.39 Å². The molecule has 3 aromatic rings. The summed E-state index contributed by atoms with van der Waals surface area (Å²) >= 11 is 0. The van der Waals surface area contributed by atoms with E-state index < -0.39 is 11.5 Å². The number of carbonyl (C=O) groups is 1. The van der Waals surface area contributed by atoms with Gasteiger partial charge in [-0.2, -0.15) is 0 Å². The second kappa shape index (κ2) is 6.86. The van der Waals surface area contributed by atoms with Crippen LogP contribution in [0.25, 0.3) is 11.3 Å². The smallest absolute Gasteiger partial charge is 0.273 e.